The summed E-state index contributed by atoms with van der Waals surface area (Å²) in [6, 6.07) is 16.0. The molecule has 6 heteroatoms. The monoisotopic (exact) mass is 382 g/mol. The third-order valence-electron chi connectivity index (χ3n) is 5.70. The van der Waals surface area contributed by atoms with E-state index in [-0.39, 0.29) is 0 Å². The van der Waals surface area contributed by atoms with Crippen LogP contribution in [0.15, 0.2) is 48.5 Å². The summed E-state index contributed by atoms with van der Waals surface area (Å²) < 4.78 is 30.4. The molecule has 2 aliphatic heterocycles. The van der Waals surface area contributed by atoms with Gasteiger partial charge in [0.1, 0.15) is 12.4 Å². The molecule has 2 aliphatic rings. The van der Waals surface area contributed by atoms with Crippen LogP contribution >= 0.6 is 0 Å². The third kappa shape index (κ3) is 3.70. The molecule has 2 fully saturated rings. The molecular weight excluding hydrogens is 355 g/mol. The maximum atomic E-state index is 6.28. The topological polar surface area (TPSA) is 46.2 Å². The van der Waals surface area contributed by atoms with Gasteiger partial charge in [-0.15, -0.1) is 0 Å². The van der Waals surface area contributed by atoms with E-state index in [1.54, 1.807) is 0 Å². The SMILES string of the molecule is CC1(C)OB(c2cccc(OCc3ccccc3)c2C2OCCO2)OC1(C)C. The van der Waals surface area contributed by atoms with Gasteiger partial charge in [0.25, 0.3) is 0 Å². The summed E-state index contributed by atoms with van der Waals surface area (Å²) >= 11 is 0. The molecule has 2 heterocycles. The first kappa shape index (κ1) is 19.5. The normalized spacial score (nSPS) is 21.2. The van der Waals surface area contributed by atoms with Gasteiger partial charge in [-0.2, -0.15) is 0 Å². The van der Waals surface area contributed by atoms with Crippen LogP contribution in [-0.2, 0) is 25.4 Å². The molecule has 0 radical (unpaired) electrons. The molecule has 0 atom stereocenters. The van der Waals surface area contributed by atoms with Gasteiger partial charge in [0.15, 0.2) is 6.29 Å². The van der Waals surface area contributed by atoms with Crippen LogP contribution in [0.1, 0.15) is 45.1 Å². The van der Waals surface area contributed by atoms with Crippen molar-refractivity contribution < 1.29 is 23.5 Å². The van der Waals surface area contributed by atoms with Crippen molar-refractivity contribution in [2.75, 3.05) is 13.2 Å². The summed E-state index contributed by atoms with van der Waals surface area (Å²) in [4.78, 5) is 0. The molecular formula is C22H27BO5. The number of hydrogen-bond donors (Lipinski definition) is 0. The largest absolute Gasteiger partial charge is 0.495 e. The highest BCUT2D eigenvalue weighted by Crippen LogP contribution is 2.38. The highest BCUT2D eigenvalue weighted by Gasteiger charge is 2.53. The van der Waals surface area contributed by atoms with Gasteiger partial charge >= 0.3 is 7.12 Å². The Balaban J connectivity index is 1.66. The predicted octanol–water partition coefficient (Wildman–Crippen LogP) is 3.61. The first-order valence-electron chi connectivity index (χ1n) is 9.76. The molecule has 4 rings (SSSR count). The first-order valence-corrected chi connectivity index (χ1v) is 9.76. The summed E-state index contributed by atoms with van der Waals surface area (Å²) in [7, 11) is -0.506. The van der Waals surface area contributed by atoms with Crippen molar-refractivity contribution >= 4 is 12.6 Å². The second kappa shape index (κ2) is 7.52. The zero-order valence-electron chi connectivity index (χ0n) is 16.9. The summed E-state index contributed by atoms with van der Waals surface area (Å²) in [5.41, 5.74) is 1.98. The van der Waals surface area contributed by atoms with Crippen molar-refractivity contribution in [2.45, 2.75) is 51.8 Å². The Morgan fingerprint density at radius 2 is 1.54 bits per heavy atom. The third-order valence-corrected chi connectivity index (χ3v) is 5.70. The minimum atomic E-state index is -0.506. The zero-order valence-corrected chi connectivity index (χ0v) is 16.9. The van der Waals surface area contributed by atoms with Crippen LogP contribution < -0.4 is 10.2 Å². The Morgan fingerprint density at radius 3 is 2.18 bits per heavy atom. The highest BCUT2D eigenvalue weighted by molar-refractivity contribution is 6.62. The molecule has 5 nitrogen and oxygen atoms in total. The highest BCUT2D eigenvalue weighted by atomic mass is 16.7. The van der Waals surface area contributed by atoms with Gasteiger partial charge in [-0.3, -0.25) is 0 Å². The lowest BCUT2D eigenvalue weighted by Crippen LogP contribution is -2.41. The van der Waals surface area contributed by atoms with Crippen molar-refractivity contribution in [2.24, 2.45) is 0 Å². The van der Waals surface area contributed by atoms with Gasteiger partial charge in [0, 0.05) is 5.56 Å². The van der Waals surface area contributed by atoms with Crippen molar-refractivity contribution in [3.05, 3.63) is 59.7 Å². The van der Waals surface area contributed by atoms with Crippen LogP contribution in [0, 0.1) is 0 Å². The lowest BCUT2D eigenvalue weighted by Gasteiger charge is -2.32. The minimum Gasteiger partial charge on any atom is -0.488 e. The predicted molar refractivity (Wildman–Crippen MR) is 108 cm³/mol. The Labute approximate surface area is 167 Å². The van der Waals surface area contributed by atoms with Crippen LogP contribution in [-0.4, -0.2) is 31.5 Å². The molecule has 2 aromatic carbocycles. The first-order chi connectivity index (χ1) is 13.4. The molecule has 2 saturated heterocycles. The van der Waals surface area contributed by atoms with Gasteiger partial charge < -0.3 is 23.5 Å². The average molecular weight is 382 g/mol. The van der Waals surface area contributed by atoms with E-state index in [0.717, 1.165) is 22.3 Å². The molecule has 0 aliphatic carbocycles. The van der Waals surface area contributed by atoms with Crippen LogP contribution in [0.4, 0.5) is 0 Å². The van der Waals surface area contributed by atoms with Gasteiger partial charge in [-0.25, -0.2) is 0 Å². The molecule has 28 heavy (non-hydrogen) atoms. The fourth-order valence-corrected chi connectivity index (χ4v) is 3.38. The maximum Gasteiger partial charge on any atom is 0.495 e. The molecule has 2 aromatic rings. The average Bonchev–Trinajstić information content (AvgIpc) is 3.27. The van der Waals surface area contributed by atoms with E-state index in [1.807, 2.05) is 76.2 Å². The smallest absolute Gasteiger partial charge is 0.488 e. The fraction of sp³-hybridized carbons (Fsp3) is 0.455. The fourth-order valence-electron chi connectivity index (χ4n) is 3.38. The Hall–Kier alpha value is -1.86. The molecule has 0 N–H and O–H groups in total. The molecule has 148 valence electrons. The van der Waals surface area contributed by atoms with Crippen molar-refractivity contribution in [3.63, 3.8) is 0 Å². The Morgan fingerprint density at radius 1 is 0.893 bits per heavy atom. The lowest BCUT2D eigenvalue weighted by atomic mass is 9.75. The van der Waals surface area contributed by atoms with E-state index in [1.165, 1.54) is 0 Å². The van der Waals surface area contributed by atoms with Gasteiger partial charge in [0.05, 0.1) is 24.4 Å². The molecule has 0 spiro atoms. The van der Waals surface area contributed by atoms with E-state index < -0.39 is 24.6 Å². The van der Waals surface area contributed by atoms with E-state index in [2.05, 4.69) is 0 Å². The van der Waals surface area contributed by atoms with E-state index >= 15 is 0 Å². The van der Waals surface area contributed by atoms with Crippen LogP contribution in [0.5, 0.6) is 5.75 Å². The van der Waals surface area contributed by atoms with Gasteiger partial charge in [-0.05, 0) is 44.8 Å². The minimum absolute atomic E-state index is 0.423. The quantitative estimate of drug-likeness (QED) is 0.740. The van der Waals surface area contributed by atoms with Crippen molar-refractivity contribution in [1.82, 2.24) is 0 Å². The van der Waals surface area contributed by atoms with E-state index in [4.69, 9.17) is 23.5 Å². The lowest BCUT2D eigenvalue weighted by molar-refractivity contribution is -0.0452. The van der Waals surface area contributed by atoms with Crippen LogP contribution in [0.25, 0.3) is 0 Å². The second-order valence-electron chi connectivity index (χ2n) is 8.20. The summed E-state index contributed by atoms with van der Waals surface area (Å²) in [6.45, 7) is 9.76. The zero-order chi connectivity index (χ0) is 19.8. The van der Waals surface area contributed by atoms with Crippen LogP contribution in [0.3, 0.4) is 0 Å². The second-order valence-corrected chi connectivity index (χ2v) is 8.20. The summed E-state index contributed by atoms with van der Waals surface area (Å²) in [5, 5.41) is 0. The number of rotatable bonds is 5. The molecule has 0 amide bonds. The summed E-state index contributed by atoms with van der Waals surface area (Å²) in [5.74, 6) is 0.725. The standard InChI is InChI=1S/C22H27BO5/c1-21(2)22(3,4)28-23(27-21)17-11-8-12-18(19(17)20-24-13-14-25-20)26-15-16-9-6-5-7-10-16/h5-12,20H,13-15H2,1-4H3. The number of ether oxygens (including phenoxy) is 3. The van der Waals surface area contributed by atoms with Gasteiger partial charge in [0.2, 0.25) is 0 Å². The Bertz CT molecular complexity index is 799. The molecule has 0 saturated carbocycles. The van der Waals surface area contributed by atoms with Crippen molar-refractivity contribution in [1.29, 1.82) is 0 Å². The number of benzene rings is 2. The van der Waals surface area contributed by atoms with E-state index in [0.29, 0.717) is 19.8 Å². The summed E-state index contributed by atoms with van der Waals surface area (Å²) in [6.07, 6.45) is -0.485. The molecule has 0 bridgehead atoms. The molecule has 0 aromatic heterocycles. The maximum absolute atomic E-state index is 6.28. The van der Waals surface area contributed by atoms with E-state index in [9.17, 15) is 0 Å². The molecule has 0 unspecified atom stereocenters. The number of hydrogen-bond acceptors (Lipinski definition) is 5. The van der Waals surface area contributed by atoms with Gasteiger partial charge in [-0.1, -0.05) is 42.5 Å². The van der Waals surface area contributed by atoms with Crippen molar-refractivity contribution in [3.8, 4) is 5.75 Å². The van der Waals surface area contributed by atoms with Crippen LogP contribution in [0.2, 0.25) is 0 Å². The Kier molecular flexibility index (Phi) is 5.23.